The molecule has 0 fully saturated rings. The Morgan fingerprint density at radius 3 is 2.22 bits per heavy atom. The van der Waals surface area contributed by atoms with Crippen LogP contribution in [-0.4, -0.2) is 6.11 Å². The summed E-state index contributed by atoms with van der Waals surface area (Å²) in [7, 11) is 0. The van der Waals surface area contributed by atoms with Crippen LogP contribution in [-0.2, 0) is 4.74 Å². The van der Waals surface area contributed by atoms with E-state index in [0.717, 1.165) is 0 Å². The molecule has 0 atom stereocenters. The van der Waals surface area contributed by atoms with Gasteiger partial charge < -0.3 is 4.74 Å². The van der Waals surface area contributed by atoms with Crippen LogP contribution in [0.4, 0.5) is 13.2 Å². The van der Waals surface area contributed by atoms with Crippen molar-refractivity contribution < 1.29 is 17.9 Å². The SMILES string of the molecule is C=COC(F)(F)[C](F)Cl. The summed E-state index contributed by atoms with van der Waals surface area (Å²) >= 11 is 4.28. The fourth-order valence-corrected chi connectivity index (χ4v) is 0.194. The molecule has 0 amide bonds. The van der Waals surface area contributed by atoms with Gasteiger partial charge in [0.05, 0.1) is 6.26 Å². The summed E-state index contributed by atoms with van der Waals surface area (Å²) in [4.78, 5) is 0. The van der Waals surface area contributed by atoms with Crippen molar-refractivity contribution in [1.82, 2.24) is 0 Å². The van der Waals surface area contributed by atoms with E-state index in [0.29, 0.717) is 6.26 Å². The first-order valence-electron chi connectivity index (χ1n) is 1.85. The zero-order valence-electron chi connectivity index (χ0n) is 4.20. The molecule has 0 aliphatic heterocycles. The minimum atomic E-state index is -4.05. The lowest BCUT2D eigenvalue weighted by Gasteiger charge is -2.12. The van der Waals surface area contributed by atoms with E-state index >= 15 is 0 Å². The third kappa shape index (κ3) is 2.60. The molecule has 0 aromatic heterocycles. The predicted molar refractivity (Wildman–Crippen MR) is 26.4 cm³/mol. The summed E-state index contributed by atoms with van der Waals surface area (Å²) in [5, 5.41) is 0. The van der Waals surface area contributed by atoms with Gasteiger partial charge in [-0.2, -0.15) is 8.78 Å². The van der Waals surface area contributed by atoms with Crippen molar-refractivity contribution in [3.8, 4) is 0 Å². The molecule has 1 nitrogen and oxygen atoms in total. The van der Waals surface area contributed by atoms with Crippen molar-refractivity contribution in [2.24, 2.45) is 0 Å². The highest BCUT2D eigenvalue weighted by Gasteiger charge is 2.42. The first-order chi connectivity index (χ1) is 4.00. The van der Waals surface area contributed by atoms with Crippen molar-refractivity contribution in [2.75, 3.05) is 0 Å². The van der Waals surface area contributed by atoms with Gasteiger partial charge in [0.15, 0.2) is 0 Å². The molecule has 0 aliphatic rings. The minimum absolute atomic E-state index is 0.405. The number of ether oxygens (including phenoxy) is 1. The van der Waals surface area contributed by atoms with Crippen LogP contribution in [0.5, 0.6) is 0 Å². The molecule has 0 aromatic carbocycles. The van der Waals surface area contributed by atoms with E-state index < -0.39 is 11.7 Å². The van der Waals surface area contributed by atoms with Gasteiger partial charge in [0, 0.05) is 0 Å². The molecule has 0 spiro atoms. The quantitative estimate of drug-likeness (QED) is 0.575. The van der Waals surface area contributed by atoms with Crippen molar-refractivity contribution in [2.45, 2.75) is 6.11 Å². The molecular formula is C4H3ClF3O. The van der Waals surface area contributed by atoms with Gasteiger partial charge in [0.25, 0.3) is 0 Å². The molecule has 9 heavy (non-hydrogen) atoms. The third-order valence-corrected chi connectivity index (χ3v) is 0.671. The van der Waals surface area contributed by atoms with Crippen LogP contribution in [0.15, 0.2) is 12.8 Å². The normalized spacial score (nSPS) is 11.7. The smallest absolute Gasteiger partial charge is 0.438 e. The van der Waals surface area contributed by atoms with Gasteiger partial charge in [0.1, 0.15) is 0 Å². The van der Waals surface area contributed by atoms with Gasteiger partial charge in [-0.15, -0.1) is 0 Å². The fourth-order valence-electron chi connectivity index (χ4n) is 0.149. The van der Waals surface area contributed by atoms with E-state index in [1.165, 1.54) is 0 Å². The molecule has 0 N–H and O–H groups in total. The molecule has 0 unspecified atom stereocenters. The highest BCUT2D eigenvalue weighted by atomic mass is 35.5. The maximum absolute atomic E-state index is 11.7. The highest BCUT2D eigenvalue weighted by Crippen LogP contribution is 2.32. The van der Waals surface area contributed by atoms with Gasteiger partial charge >= 0.3 is 11.7 Å². The summed E-state index contributed by atoms with van der Waals surface area (Å²) in [5.41, 5.74) is -2.11. The summed E-state index contributed by atoms with van der Waals surface area (Å²) < 4.78 is 38.2. The van der Waals surface area contributed by atoms with E-state index in [1.807, 2.05) is 0 Å². The lowest BCUT2D eigenvalue weighted by Crippen LogP contribution is -2.20. The number of hydrogen-bond acceptors (Lipinski definition) is 1. The Morgan fingerprint density at radius 2 is 2.11 bits per heavy atom. The molecule has 0 saturated carbocycles. The average molecular weight is 160 g/mol. The van der Waals surface area contributed by atoms with Gasteiger partial charge in [-0.3, -0.25) is 0 Å². The molecule has 5 heteroatoms. The van der Waals surface area contributed by atoms with Gasteiger partial charge in [0.2, 0.25) is 0 Å². The Bertz CT molecular complexity index is 104. The Kier molecular flexibility index (Phi) is 2.84. The topological polar surface area (TPSA) is 9.23 Å². The van der Waals surface area contributed by atoms with Crippen LogP contribution in [0.2, 0.25) is 0 Å². The summed E-state index contributed by atoms with van der Waals surface area (Å²) in [6, 6.07) is 0. The van der Waals surface area contributed by atoms with Crippen LogP contribution in [0, 0.1) is 5.63 Å². The van der Waals surface area contributed by atoms with Crippen molar-refractivity contribution in [1.29, 1.82) is 0 Å². The van der Waals surface area contributed by atoms with Crippen molar-refractivity contribution >= 4 is 11.6 Å². The molecule has 53 valence electrons. The first kappa shape index (κ1) is 8.62. The van der Waals surface area contributed by atoms with Gasteiger partial charge in [-0.1, -0.05) is 18.2 Å². The Hall–Kier alpha value is -0.380. The van der Waals surface area contributed by atoms with Crippen LogP contribution < -0.4 is 0 Å². The second kappa shape index (κ2) is 2.96. The Labute approximate surface area is 55.1 Å². The van der Waals surface area contributed by atoms with E-state index in [9.17, 15) is 13.2 Å². The monoisotopic (exact) mass is 159 g/mol. The summed E-state index contributed by atoms with van der Waals surface area (Å²) in [6.07, 6.45) is -3.65. The first-order valence-corrected chi connectivity index (χ1v) is 2.23. The number of halogens is 4. The maximum Gasteiger partial charge on any atom is 0.452 e. The van der Waals surface area contributed by atoms with E-state index in [1.54, 1.807) is 0 Å². The molecule has 0 bridgehead atoms. The zero-order valence-corrected chi connectivity index (χ0v) is 4.96. The lowest BCUT2D eigenvalue weighted by molar-refractivity contribution is -0.196. The second-order valence-electron chi connectivity index (χ2n) is 1.06. The second-order valence-corrected chi connectivity index (χ2v) is 1.39. The largest absolute Gasteiger partial charge is 0.452 e. The zero-order chi connectivity index (χ0) is 7.49. The number of alkyl halides is 2. The fraction of sp³-hybridized carbons (Fsp3) is 0.250. The Balaban J connectivity index is 3.84. The molecule has 0 heterocycles. The summed E-state index contributed by atoms with van der Waals surface area (Å²) in [6.45, 7) is 2.79. The molecule has 1 radical (unpaired) electrons. The van der Waals surface area contributed by atoms with Crippen LogP contribution in [0.25, 0.3) is 0 Å². The van der Waals surface area contributed by atoms with Gasteiger partial charge in [-0.25, -0.2) is 4.39 Å². The summed E-state index contributed by atoms with van der Waals surface area (Å²) in [5.74, 6) is 0. The van der Waals surface area contributed by atoms with E-state index in [-0.39, 0.29) is 0 Å². The Morgan fingerprint density at radius 1 is 1.67 bits per heavy atom. The molecule has 0 aromatic rings. The predicted octanol–water partition coefficient (Wildman–Crippen LogP) is 2.44. The molecule has 0 aliphatic carbocycles. The lowest BCUT2D eigenvalue weighted by atomic mass is 10.7. The standard InChI is InChI=1S/C4H3ClF3O/c1-2-9-4(7,8)3(5)6/h2H,1H2. The van der Waals surface area contributed by atoms with Crippen molar-refractivity contribution in [3.63, 3.8) is 0 Å². The molecule has 0 saturated heterocycles. The maximum atomic E-state index is 11.7. The highest BCUT2D eigenvalue weighted by molar-refractivity contribution is 6.26. The van der Waals surface area contributed by atoms with Crippen LogP contribution in [0.3, 0.4) is 0 Å². The van der Waals surface area contributed by atoms with Crippen molar-refractivity contribution in [3.05, 3.63) is 18.5 Å². The van der Waals surface area contributed by atoms with Crippen LogP contribution in [0.1, 0.15) is 0 Å². The molecular weight excluding hydrogens is 156 g/mol. The number of hydrogen-bond donors (Lipinski definition) is 0. The minimum Gasteiger partial charge on any atom is -0.438 e. The van der Waals surface area contributed by atoms with Crippen LogP contribution >= 0.6 is 11.6 Å². The van der Waals surface area contributed by atoms with Gasteiger partial charge in [-0.05, 0) is 0 Å². The third-order valence-electron chi connectivity index (χ3n) is 0.451. The number of rotatable bonds is 3. The average Bonchev–Trinajstić information content (AvgIpc) is 1.65. The molecule has 0 rings (SSSR count). The van der Waals surface area contributed by atoms with E-state index in [4.69, 9.17) is 0 Å². The van der Waals surface area contributed by atoms with E-state index in [2.05, 4.69) is 22.9 Å².